The molecule has 2 aromatic carbocycles. The number of hydrogen-bond donors (Lipinski definition) is 4. The number of halogens is 1. The fourth-order valence-corrected chi connectivity index (χ4v) is 10.1. The molecule has 7 atom stereocenters. The molecule has 338 valence electrons. The van der Waals surface area contributed by atoms with Crippen molar-refractivity contribution >= 4 is 46.6 Å². The van der Waals surface area contributed by atoms with Crippen molar-refractivity contribution in [3.05, 3.63) is 82.6 Å². The lowest BCUT2D eigenvalue weighted by Crippen LogP contribution is -2.54. The summed E-state index contributed by atoms with van der Waals surface area (Å²) in [6.07, 6.45) is 8.31. The minimum absolute atomic E-state index is 0.0235. The third-order valence-corrected chi connectivity index (χ3v) is 13.4. The maximum absolute atomic E-state index is 15.4. The lowest BCUT2D eigenvalue weighted by Gasteiger charge is -2.35. The van der Waals surface area contributed by atoms with Crippen LogP contribution in [0.4, 0.5) is 19.7 Å². The van der Waals surface area contributed by atoms with Crippen LogP contribution in [0.1, 0.15) is 102 Å². The van der Waals surface area contributed by atoms with Gasteiger partial charge in [-0.1, -0.05) is 39.8 Å². The van der Waals surface area contributed by atoms with Gasteiger partial charge in [-0.3, -0.25) is 14.6 Å². The number of aromatic nitrogens is 2. The Morgan fingerprint density at radius 3 is 2.11 bits per heavy atom. The minimum atomic E-state index is -0.744. The van der Waals surface area contributed by atoms with Gasteiger partial charge in [-0.25, -0.2) is 19.0 Å². The summed E-state index contributed by atoms with van der Waals surface area (Å²) in [5, 5.41) is 18.6. The second-order valence-corrected chi connectivity index (χ2v) is 18.0. The number of alkyl carbamates (subject to hydrolysis) is 2. The van der Waals surface area contributed by atoms with E-state index >= 15 is 4.39 Å². The highest BCUT2D eigenvalue weighted by Crippen LogP contribution is 2.45. The number of nitriles is 1. The highest BCUT2D eigenvalue weighted by molar-refractivity contribution is 5.97. The van der Waals surface area contributed by atoms with Gasteiger partial charge in [-0.05, 0) is 104 Å². The minimum Gasteiger partial charge on any atom is -0.453 e. The molecule has 5 aliphatic rings. The van der Waals surface area contributed by atoms with Crippen LogP contribution < -0.4 is 20.9 Å². The van der Waals surface area contributed by atoms with Crippen LogP contribution in [-0.2, 0) is 19.1 Å². The van der Waals surface area contributed by atoms with E-state index in [1.165, 1.54) is 26.4 Å². The number of aromatic amines is 1. The number of imidazole rings is 1. The van der Waals surface area contributed by atoms with Crippen LogP contribution in [0.5, 0.6) is 0 Å². The van der Waals surface area contributed by atoms with Crippen molar-refractivity contribution in [2.24, 2.45) is 16.8 Å². The molecule has 0 radical (unpaired) electrons. The van der Waals surface area contributed by atoms with Gasteiger partial charge >= 0.3 is 12.2 Å². The standard InChI is InChI=1S/C47H57FN10O6/c1-25(2)40(54-46(61)63-5)44(59)56-19-7-9-38(56)42-50-32-15-12-27(21-34(32)52-42)36-17-18-37(58(36)30-14-11-29(24-49)31(48)23-30)28-13-16-33-35(22-28)53-43(51-33)39-10-8-20-57(39)45(60)41(26(3)4)55-47(62)64-6/h11-15,21-23,25-26,33,36-41H,7-10,16-20H2,1-6H3,(H,50,52)(H,51,53)(H,54,61)(H,55,62)/t33?,36-,37-,38+,39+,40+,41+/m1/s1. The number of amides is 4. The summed E-state index contributed by atoms with van der Waals surface area (Å²) < 4.78 is 25.0. The number of amidine groups is 1. The smallest absolute Gasteiger partial charge is 0.407 e. The molecule has 4 aliphatic heterocycles. The first-order chi connectivity index (χ1) is 30.8. The van der Waals surface area contributed by atoms with Crippen LogP contribution in [-0.4, -0.2) is 107 Å². The second-order valence-electron chi connectivity index (χ2n) is 18.0. The number of ether oxygens (including phenoxy) is 2. The molecule has 4 amide bonds. The van der Waals surface area contributed by atoms with Gasteiger partial charge in [0, 0.05) is 24.5 Å². The molecule has 4 N–H and O–H groups in total. The molecule has 3 aromatic rings. The number of rotatable bonds is 11. The predicted molar refractivity (Wildman–Crippen MR) is 237 cm³/mol. The van der Waals surface area contributed by atoms with Crippen LogP contribution in [0.2, 0.25) is 0 Å². The molecule has 16 nitrogen and oxygen atoms in total. The Morgan fingerprint density at radius 2 is 1.48 bits per heavy atom. The first-order valence-corrected chi connectivity index (χ1v) is 22.3. The van der Waals surface area contributed by atoms with E-state index in [0.717, 1.165) is 72.2 Å². The van der Waals surface area contributed by atoms with Crippen molar-refractivity contribution in [1.29, 1.82) is 5.26 Å². The van der Waals surface area contributed by atoms with E-state index in [1.54, 1.807) is 4.90 Å². The van der Waals surface area contributed by atoms with Gasteiger partial charge in [0.05, 0.1) is 61.0 Å². The molecule has 1 aliphatic carbocycles. The SMILES string of the molecule is COC(=O)N[C@H](C(=O)N1CCC[C@H]1C1=NC2CC=C([C@H]3CC[C@H](c4ccc5nc([C@@H]6CCCN6C(=O)[C@@H](NC(=O)OC)C(C)C)[nH]c5c4)N3c3ccc(C#N)c(F)c3)C=C2N1)C(C)C. The number of nitrogens with zero attached hydrogens (tertiary/aromatic N) is 6. The van der Waals surface area contributed by atoms with Crippen molar-refractivity contribution in [2.45, 2.75) is 115 Å². The van der Waals surface area contributed by atoms with Gasteiger partial charge in [0.15, 0.2) is 0 Å². The van der Waals surface area contributed by atoms with E-state index in [1.807, 2.05) is 50.8 Å². The van der Waals surface area contributed by atoms with Crippen LogP contribution in [0.25, 0.3) is 11.0 Å². The number of benzene rings is 2. The van der Waals surface area contributed by atoms with E-state index in [4.69, 9.17) is 19.5 Å². The fourth-order valence-electron chi connectivity index (χ4n) is 10.1. The Balaban J connectivity index is 1.04. The van der Waals surface area contributed by atoms with E-state index in [9.17, 15) is 24.4 Å². The summed E-state index contributed by atoms with van der Waals surface area (Å²) in [7, 11) is 2.56. The number of aliphatic imine (C=N–C) groups is 1. The fraction of sp³-hybridized carbons (Fsp3) is 0.511. The molecule has 1 aromatic heterocycles. The molecule has 64 heavy (non-hydrogen) atoms. The number of anilines is 1. The van der Waals surface area contributed by atoms with Gasteiger partial charge < -0.3 is 45.1 Å². The first kappa shape index (κ1) is 44.2. The van der Waals surface area contributed by atoms with Crippen LogP contribution in [0.15, 0.2) is 64.8 Å². The van der Waals surface area contributed by atoms with Crippen molar-refractivity contribution in [3.63, 3.8) is 0 Å². The number of H-pyrrole nitrogens is 1. The van der Waals surface area contributed by atoms with Crippen molar-refractivity contribution in [3.8, 4) is 6.07 Å². The number of fused-ring (bicyclic) bond motifs is 2. The van der Waals surface area contributed by atoms with Gasteiger partial charge in [-0.15, -0.1) is 0 Å². The summed E-state index contributed by atoms with van der Waals surface area (Å²) in [5.41, 5.74) is 5.24. The number of carbonyl (C=O) groups excluding carboxylic acids is 4. The van der Waals surface area contributed by atoms with E-state index in [-0.39, 0.29) is 59.4 Å². The molecule has 17 heteroatoms. The normalized spacial score (nSPS) is 23.8. The summed E-state index contributed by atoms with van der Waals surface area (Å²) in [6, 6.07) is 10.4. The number of carbonyl (C=O) groups is 4. The molecule has 0 spiro atoms. The molecular formula is C47H57FN10O6. The zero-order valence-corrected chi connectivity index (χ0v) is 37.2. The number of nitrogens with one attached hydrogen (secondary N) is 4. The highest BCUT2D eigenvalue weighted by atomic mass is 19.1. The molecular weight excluding hydrogens is 820 g/mol. The van der Waals surface area contributed by atoms with Gasteiger partial charge in [0.2, 0.25) is 11.8 Å². The first-order valence-electron chi connectivity index (χ1n) is 22.3. The van der Waals surface area contributed by atoms with E-state index < -0.39 is 30.1 Å². The molecule has 0 bridgehead atoms. The van der Waals surface area contributed by atoms with Crippen LogP contribution in [0, 0.1) is 29.0 Å². The average molecular weight is 877 g/mol. The Labute approximate surface area is 372 Å². The van der Waals surface area contributed by atoms with Crippen LogP contribution >= 0.6 is 0 Å². The van der Waals surface area contributed by atoms with Gasteiger partial charge in [0.25, 0.3) is 0 Å². The number of hydrogen-bond acceptors (Lipinski definition) is 11. The summed E-state index contributed by atoms with van der Waals surface area (Å²) >= 11 is 0. The summed E-state index contributed by atoms with van der Waals surface area (Å²) in [4.78, 5) is 71.3. The molecule has 1 unspecified atom stereocenters. The number of methoxy groups -OCH3 is 2. The predicted octanol–water partition coefficient (Wildman–Crippen LogP) is 6.28. The second kappa shape index (κ2) is 18.3. The molecule has 3 fully saturated rings. The maximum atomic E-state index is 15.4. The molecule has 8 rings (SSSR count). The average Bonchev–Trinajstić information content (AvgIpc) is 4.14. The molecule has 5 heterocycles. The monoisotopic (exact) mass is 876 g/mol. The molecule has 3 saturated heterocycles. The topological polar surface area (TPSA) is 197 Å². The van der Waals surface area contributed by atoms with E-state index in [0.29, 0.717) is 31.0 Å². The summed E-state index contributed by atoms with van der Waals surface area (Å²) in [6.45, 7) is 8.66. The van der Waals surface area contributed by atoms with Crippen molar-refractivity contribution < 1.29 is 33.0 Å². The third kappa shape index (κ3) is 8.49. The van der Waals surface area contributed by atoms with Crippen LogP contribution in [0.3, 0.4) is 0 Å². The Bertz CT molecular complexity index is 2460. The van der Waals surface area contributed by atoms with E-state index in [2.05, 4.69) is 50.1 Å². The third-order valence-electron chi connectivity index (χ3n) is 13.4. The van der Waals surface area contributed by atoms with Gasteiger partial charge in [-0.2, -0.15) is 5.26 Å². The van der Waals surface area contributed by atoms with Gasteiger partial charge in [0.1, 0.15) is 35.6 Å². The summed E-state index contributed by atoms with van der Waals surface area (Å²) in [5.74, 6) is 0.185. The Kier molecular flexibility index (Phi) is 12.7. The zero-order valence-electron chi connectivity index (χ0n) is 37.2. The van der Waals surface area contributed by atoms with Crippen molar-refractivity contribution in [1.82, 2.24) is 35.7 Å². The lowest BCUT2D eigenvalue weighted by molar-refractivity contribution is -0.135. The Morgan fingerprint density at radius 1 is 0.844 bits per heavy atom. The number of likely N-dealkylation sites (tertiary alicyclic amines) is 2. The van der Waals surface area contributed by atoms with Crippen molar-refractivity contribution in [2.75, 3.05) is 32.2 Å². The molecule has 0 saturated carbocycles. The largest absolute Gasteiger partial charge is 0.453 e. The Hall–Kier alpha value is -6.44. The quantitative estimate of drug-likeness (QED) is 0.170. The lowest BCUT2D eigenvalue weighted by atomic mass is 9.94. The maximum Gasteiger partial charge on any atom is 0.407 e. The highest BCUT2D eigenvalue weighted by Gasteiger charge is 2.43. The zero-order chi connectivity index (χ0) is 45.4.